The van der Waals surface area contributed by atoms with Gasteiger partial charge in [-0.1, -0.05) is 37.0 Å². The molecule has 2 nitrogen and oxygen atoms in total. The first-order valence-electron chi connectivity index (χ1n) is 5.09. The summed E-state index contributed by atoms with van der Waals surface area (Å²) in [6.07, 6.45) is 0.777. The van der Waals surface area contributed by atoms with Gasteiger partial charge in [0.1, 0.15) is 10.8 Å². The number of benzene rings is 1. The van der Waals surface area contributed by atoms with E-state index in [2.05, 4.69) is 0 Å². The zero-order valence-corrected chi connectivity index (χ0v) is 11.0. The van der Waals surface area contributed by atoms with Crippen LogP contribution in [0.4, 0.5) is 0 Å². The normalized spacial score (nSPS) is 12.3. The molecule has 0 saturated carbocycles. The summed E-state index contributed by atoms with van der Waals surface area (Å²) in [4.78, 5) is 12.0. The van der Waals surface area contributed by atoms with Gasteiger partial charge >= 0.3 is 0 Å². The maximum absolute atomic E-state index is 12.0. The molecule has 0 heterocycles. The highest BCUT2D eigenvalue weighted by molar-refractivity contribution is 6.44. The van der Waals surface area contributed by atoms with Gasteiger partial charge in [0.2, 0.25) is 0 Å². The van der Waals surface area contributed by atoms with Crippen LogP contribution >= 0.6 is 23.2 Å². The van der Waals surface area contributed by atoms with Gasteiger partial charge in [-0.3, -0.25) is 4.79 Å². The van der Waals surface area contributed by atoms with Gasteiger partial charge in [-0.05, 0) is 18.6 Å². The third kappa shape index (κ3) is 2.50. The van der Waals surface area contributed by atoms with Gasteiger partial charge in [0.05, 0.1) is 12.1 Å². The Morgan fingerprint density at radius 1 is 1.38 bits per heavy atom. The molecule has 1 aromatic rings. The minimum absolute atomic E-state index is 0.0112. The number of rotatable bonds is 4. The van der Waals surface area contributed by atoms with Crippen molar-refractivity contribution in [1.82, 2.24) is 0 Å². The monoisotopic (exact) mass is 260 g/mol. The van der Waals surface area contributed by atoms with Crippen LogP contribution in [0.1, 0.15) is 30.6 Å². The molecule has 88 valence electrons. The molecule has 4 heteroatoms. The molecule has 0 spiro atoms. The predicted molar refractivity (Wildman–Crippen MR) is 66.8 cm³/mol. The molecule has 1 rings (SSSR count). The van der Waals surface area contributed by atoms with E-state index >= 15 is 0 Å². The highest BCUT2D eigenvalue weighted by atomic mass is 35.5. The molecule has 0 N–H and O–H groups in total. The maximum Gasteiger partial charge on any atom is 0.167 e. The number of methoxy groups -OCH3 is 1. The maximum atomic E-state index is 12.0. The van der Waals surface area contributed by atoms with Crippen molar-refractivity contribution in [1.29, 1.82) is 0 Å². The Kier molecular flexibility index (Phi) is 4.63. The Morgan fingerprint density at radius 2 is 2.00 bits per heavy atom. The fourth-order valence-corrected chi connectivity index (χ4v) is 1.82. The van der Waals surface area contributed by atoms with Gasteiger partial charge in [0, 0.05) is 11.5 Å². The standard InChI is InChI=1S/C12H14Cl2O2/c1-4-7(2)12(15)8-5-6-9(16-3)11(14)10(8)13/h5-7H,4H2,1-3H3. The smallest absolute Gasteiger partial charge is 0.167 e. The SMILES string of the molecule is CCC(C)C(=O)c1ccc(OC)c(Cl)c1Cl. The van der Waals surface area contributed by atoms with Crippen molar-refractivity contribution >= 4 is 29.0 Å². The third-order valence-electron chi connectivity index (χ3n) is 2.59. The van der Waals surface area contributed by atoms with Crippen LogP contribution in [-0.2, 0) is 0 Å². The summed E-state index contributed by atoms with van der Waals surface area (Å²) >= 11 is 12.0. The molecule has 0 bridgehead atoms. The van der Waals surface area contributed by atoms with E-state index in [-0.39, 0.29) is 16.7 Å². The van der Waals surface area contributed by atoms with Crippen LogP contribution in [0.15, 0.2) is 12.1 Å². The summed E-state index contributed by atoms with van der Waals surface area (Å²) in [6.45, 7) is 3.83. The van der Waals surface area contributed by atoms with Gasteiger partial charge in [-0.25, -0.2) is 0 Å². The lowest BCUT2D eigenvalue weighted by Gasteiger charge is -2.11. The van der Waals surface area contributed by atoms with E-state index in [9.17, 15) is 4.79 Å². The van der Waals surface area contributed by atoms with E-state index in [0.29, 0.717) is 16.3 Å². The fraction of sp³-hybridized carbons (Fsp3) is 0.417. The van der Waals surface area contributed by atoms with Crippen LogP contribution in [0.5, 0.6) is 5.75 Å². The molecular weight excluding hydrogens is 247 g/mol. The Bertz CT molecular complexity index is 402. The molecule has 0 aliphatic heterocycles. The first-order chi connectivity index (χ1) is 7.52. The van der Waals surface area contributed by atoms with Crippen LogP contribution in [0, 0.1) is 5.92 Å². The van der Waals surface area contributed by atoms with E-state index in [0.717, 1.165) is 6.42 Å². The second-order valence-corrected chi connectivity index (χ2v) is 4.37. The summed E-state index contributed by atoms with van der Waals surface area (Å²) in [5.74, 6) is 0.436. The van der Waals surface area contributed by atoms with Crippen molar-refractivity contribution in [3.8, 4) is 5.75 Å². The Morgan fingerprint density at radius 3 is 2.50 bits per heavy atom. The van der Waals surface area contributed by atoms with E-state index < -0.39 is 0 Å². The molecule has 0 aliphatic carbocycles. The van der Waals surface area contributed by atoms with Crippen molar-refractivity contribution in [2.24, 2.45) is 5.92 Å². The lowest BCUT2D eigenvalue weighted by molar-refractivity contribution is 0.0927. The highest BCUT2D eigenvalue weighted by Gasteiger charge is 2.19. The molecule has 0 fully saturated rings. The van der Waals surface area contributed by atoms with E-state index in [4.69, 9.17) is 27.9 Å². The van der Waals surface area contributed by atoms with Gasteiger partial charge in [0.25, 0.3) is 0 Å². The van der Waals surface area contributed by atoms with E-state index in [1.54, 1.807) is 12.1 Å². The average Bonchev–Trinajstić information content (AvgIpc) is 2.30. The Hall–Kier alpha value is -0.730. The van der Waals surface area contributed by atoms with Gasteiger partial charge in [-0.15, -0.1) is 0 Å². The Labute approximate surface area is 106 Å². The lowest BCUT2D eigenvalue weighted by atomic mass is 9.97. The molecule has 0 aromatic heterocycles. The van der Waals surface area contributed by atoms with Crippen LogP contribution < -0.4 is 4.74 Å². The zero-order chi connectivity index (χ0) is 12.3. The second-order valence-electron chi connectivity index (χ2n) is 3.62. The molecule has 0 radical (unpaired) electrons. The number of carbonyl (C=O) groups is 1. The topological polar surface area (TPSA) is 26.3 Å². The number of hydrogen-bond acceptors (Lipinski definition) is 2. The van der Waals surface area contributed by atoms with Crippen molar-refractivity contribution in [2.75, 3.05) is 7.11 Å². The van der Waals surface area contributed by atoms with Crippen LogP contribution in [0.2, 0.25) is 10.0 Å². The summed E-state index contributed by atoms with van der Waals surface area (Å²) < 4.78 is 5.02. The van der Waals surface area contributed by atoms with Crippen molar-refractivity contribution in [3.05, 3.63) is 27.7 Å². The number of ether oxygens (including phenoxy) is 1. The van der Waals surface area contributed by atoms with Crippen molar-refractivity contribution < 1.29 is 9.53 Å². The second kappa shape index (κ2) is 5.55. The molecule has 1 unspecified atom stereocenters. The number of carbonyl (C=O) groups excluding carboxylic acids is 1. The number of halogens is 2. The number of hydrogen-bond donors (Lipinski definition) is 0. The van der Waals surface area contributed by atoms with Gasteiger partial charge in [0.15, 0.2) is 5.78 Å². The third-order valence-corrected chi connectivity index (χ3v) is 3.46. The molecule has 16 heavy (non-hydrogen) atoms. The summed E-state index contributed by atoms with van der Waals surface area (Å²) in [5, 5.41) is 0.560. The van der Waals surface area contributed by atoms with E-state index in [1.807, 2.05) is 13.8 Å². The van der Waals surface area contributed by atoms with Gasteiger partial charge < -0.3 is 4.74 Å². The Balaban J connectivity index is 3.17. The largest absolute Gasteiger partial charge is 0.495 e. The van der Waals surface area contributed by atoms with Crippen molar-refractivity contribution in [2.45, 2.75) is 20.3 Å². The van der Waals surface area contributed by atoms with Crippen LogP contribution in [0.25, 0.3) is 0 Å². The first-order valence-corrected chi connectivity index (χ1v) is 5.84. The molecule has 0 amide bonds. The minimum Gasteiger partial charge on any atom is -0.495 e. The first kappa shape index (κ1) is 13.3. The molecule has 1 aromatic carbocycles. The molecular formula is C12H14Cl2O2. The molecule has 1 atom stereocenters. The van der Waals surface area contributed by atoms with Crippen LogP contribution in [0.3, 0.4) is 0 Å². The quantitative estimate of drug-likeness (QED) is 0.758. The summed E-state index contributed by atoms with van der Waals surface area (Å²) in [7, 11) is 1.51. The highest BCUT2D eigenvalue weighted by Crippen LogP contribution is 2.35. The summed E-state index contributed by atoms with van der Waals surface area (Å²) in [6, 6.07) is 3.31. The number of ketones is 1. The lowest BCUT2D eigenvalue weighted by Crippen LogP contribution is -2.11. The fourth-order valence-electron chi connectivity index (χ4n) is 1.33. The molecule has 0 aliphatic rings. The van der Waals surface area contributed by atoms with Gasteiger partial charge in [-0.2, -0.15) is 0 Å². The van der Waals surface area contributed by atoms with Crippen molar-refractivity contribution in [3.63, 3.8) is 0 Å². The zero-order valence-electron chi connectivity index (χ0n) is 9.51. The van der Waals surface area contributed by atoms with E-state index in [1.165, 1.54) is 7.11 Å². The number of Topliss-reactive ketones (excluding diaryl/α,β-unsaturated/α-hetero) is 1. The molecule has 0 saturated heterocycles. The average molecular weight is 261 g/mol. The van der Waals surface area contributed by atoms with Crippen LogP contribution in [-0.4, -0.2) is 12.9 Å². The predicted octanol–water partition coefficient (Wildman–Crippen LogP) is 4.23. The summed E-state index contributed by atoms with van der Waals surface area (Å²) in [5.41, 5.74) is 0.460. The minimum atomic E-state index is -0.0537.